The molecule has 0 fully saturated rings. The molecule has 0 unspecified atom stereocenters. The van der Waals surface area contributed by atoms with E-state index in [4.69, 9.17) is 17.3 Å². The predicted octanol–water partition coefficient (Wildman–Crippen LogP) is 3.40. The number of carbonyl (C=O) groups is 1. The zero-order valence-electron chi connectivity index (χ0n) is 8.48. The largest absolute Gasteiger partial charge is 0.398 e. The minimum atomic E-state index is 0.530. The molecule has 0 amide bonds. The number of para-hydroxylation sites is 1. The Morgan fingerprint density at radius 1 is 1.06 bits per heavy atom. The second-order valence-corrected chi connectivity index (χ2v) is 3.82. The number of nitrogens with two attached hydrogens (primary N) is 1. The minimum absolute atomic E-state index is 0.530. The number of carbonyl (C=O) groups excluding carboxylic acids is 1. The van der Waals surface area contributed by atoms with Crippen LogP contribution in [0, 0.1) is 0 Å². The lowest BCUT2D eigenvalue weighted by atomic mass is 9.99. The van der Waals surface area contributed by atoms with Crippen LogP contribution in [0.2, 0.25) is 5.02 Å². The molecule has 0 aliphatic rings. The Kier molecular flexibility index (Phi) is 2.93. The average molecular weight is 232 g/mol. The highest BCUT2D eigenvalue weighted by Gasteiger charge is 2.10. The van der Waals surface area contributed by atoms with Gasteiger partial charge in [0, 0.05) is 27.4 Å². The van der Waals surface area contributed by atoms with Gasteiger partial charge in [0.15, 0.2) is 6.29 Å². The van der Waals surface area contributed by atoms with Gasteiger partial charge in [-0.3, -0.25) is 4.79 Å². The van der Waals surface area contributed by atoms with Gasteiger partial charge in [-0.2, -0.15) is 0 Å². The van der Waals surface area contributed by atoms with Crippen molar-refractivity contribution < 1.29 is 4.79 Å². The van der Waals surface area contributed by atoms with Crippen LogP contribution in [0.1, 0.15) is 10.4 Å². The molecule has 2 nitrogen and oxygen atoms in total. The lowest BCUT2D eigenvalue weighted by Gasteiger charge is -2.09. The lowest BCUT2D eigenvalue weighted by molar-refractivity contribution is 0.112. The Bertz CT molecular complexity index is 537. The third kappa shape index (κ3) is 1.79. The second-order valence-electron chi connectivity index (χ2n) is 3.41. The number of aldehydes is 1. The molecular formula is C13H10ClNO. The SMILES string of the molecule is Nc1ccccc1-c1c(Cl)cccc1C=O. The summed E-state index contributed by atoms with van der Waals surface area (Å²) in [4.78, 5) is 11.0. The van der Waals surface area contributed by atoms with Crippen molar-refractivity contribution in [3.8, 4) is 11.1 Å². The zero-order valence-corrected chi connectivity index (χ0v) is 9.24. The molecule has 0 bridgehead atoms. The Morgan fingerprint density at radius 2 is 1.81 bits per heavy atom. The third-order valence-electron chi connectivity index (χ3n) is 2.40. The van der Waals surface area contributed by atoms with E-state index >= 15 is 0 Å². The zero-order chi connectivity index (χ0) is 11.5. The molecule has 0 saturated carbocycles. The summed E-state index contributed by atoms with van der Waals surface area (Å²) in [5.41, 5.74) is 8.51. The van der Waals surface area contributed by atoms with Gasteiger partial charge in [-0.15, -0.1) is 0 Å². The van der Waals surface area contributed by atoms with Crippen molar-refractivity contribution in [2.45, 2.75) is 0 Å². The van der Waals surface area contributed by atoms with Crippen LogP contribution in [-0.2, 0) is 0 Å². The molecule has 2 aromatic rings. The Labute approximate surface area is 98.7 Å². The number of nitrogen functional groups attached to an aromatic ring is 1. The molecule has 0 radical (unpaired) electrons. The predicted molar refractivity (Wildman–Crippen MR) is 66.7 cm³/mol. The van der Waals surface area contributed by atoms with Crippen molar-refractivity contribution in [2.24, 2.45) is 0 Å². The van der Waals surface area contributed by atoms with Crippen LogP contribution in [0.15, 0.2) is 42.5 Å². The van der Waals surface area contributed by atoms with Crippen molar-refractivity contribution in [1.29, 1.82) is 0 Å². The summed E-state index contributed by atoms with van der Waals surface area (Å²) in [5.74, 6) is 0. The van der Waals surface area contributed by atoms with E-state index in [9.17, 15) is 4.79 Å². The van der Waals surface area contributed by atoms with Crippen molar-refractivity contribution >= 4 is 23.6 Å². The maximum Gasteiger partial charge on any atom is 0.150 e. The fourth-order valence-electron chi connectivity index (χ4n) is 1.65. The van der Waals surface area contributed by atoms with Gasteiger partial charge in [0.05, 0.1) is 0 Å². The molecule has 16 heavy (non-hydrogen) atoms. The van der Waals surface area contributed by atoms with Crippen molar-refractivity contribution in [3.05, 3.63) is 53.1 Å². The van der Waals surface area contributed by atoms with E-state index in [1.165, 1.54) is 0 Å². The summed E-state index contributed by atoms with van der Waals surface area (Å²) in [6.07, 6.45) is 0.785. The normalized spacial score (nSPS) is 10.1. The van der Waals surface area contributed by atoms with Gasteiger partial charge in [-0.05, 0) is 12.1 Å². The molecule has 0 aliphatic carbocycles. The van der Waals surface area contributed by atoms with E-state index in [0.717, 1.165) is 11.8 Å². The Morgan fingerprint density at radius 3 is 2.50 bits per heavy atom. The maximum absolute atomic E-state index is 11.0. The first-order chi connectivity index (χ1) is 7.74. The molecule has 0 aliphatic heterocycles. The summed E-state index contributed by atoms with van der Waals surface area (Å²) < 4.78 is 0. The maximum atomic E-state index is 11.0. The molecule has 0 aromatic heterocycles. The number of rotatable bonds is 2. The van der Waals surface area contributed by atoms with Gasteiger partial charge >= 0.3 is 0 Å². The summed E-state index contributed by atoms with van der Waals surface area (Å²) in [5, 5.41) is 0.530. The van der Waals surface area contributed by atoms with Gasteiger partial charge in [-0.1, -0.05) is 41.9 Å². The van der Waals surface area contributed by atoms with Crippen LogP contribution in [-0.4, -0.2) is 6.29 Å². The fourth-order valence-corrected chi connectivity index (χ4v) is 1.93. The molecule has 3 heteroatoms. The van der Waals surface area contributed by atoms with Gasteiger partial charge in [0.1, 0.15) is 0 Å². The molecule has 2 rings (SSSR count). The smallest absolute Gasteiger partial charge is 0.150 e. The summed E-state index contributed by atoms with van der Waals surface area (Å²) in [6, 6.07) is 12.6. The summed E-state index contributed by atoms with van der Waals surface area (Å²) in [7, 11) is 0. The van der Waals surface area contributed by atoms with Crippen molar-refractivity contribution in [2.75, 3.05) is 5.73 Å². The van der Waals surface area contributed by atoms with Crippen molar-refractivity contribution in [3.63, 3.8) is 0 Å². The highest BCUT2D eigenvalue weighted by molar-refractivity contribution is 6.34. The highest BCUT2D eigenvalue weighted by atomic mass is 35.5. The molecule has 0 saturated heterocycles. The fraction of sp³-hybridized carbons (Fsp3) is 0. The summed E-state index contributed by atoms with van der Waals surface area (Å²) in [6.45, 7) is 0. The average Bonchev–Trinajstić information content (AvgIpc) is 2.30. The van der Waals surface area contributed by atoms with Crippen LogP contribution < -0.4 is 5.73 Å². The highest BCUT2D eigenvalue weighted by Crippen LogP contribution is 2.33. The van der Waals surface area contributed by atoms with Gasteiger partial charge in [0.2, 0.25) is 0 Å². The summed E-state index contributed by atoms with van der Waals surface area (Å²) >= 11 is 6.10. The minimum Gasteiger partial charge on any atom is -0.398 e. The van der Waals surface area contributed by atoms with Gasteiger partial charge < -0.3 is 5.73 Å². The van der Waals surface area contributed by atoms with Crippen LogP contribution in [0.25, 0.3) is 11.1 Å². The molecule has 0 heterocycles. The number of benzene rings is 2. The topological polar surface area (TPSA) is 43.1 Å². The van der Waals surface area contributed by atoms with Crippen LogP contribution in [0.5, 0.6) is 0 Å². The standard InChI is InChI=1S/C13H10ClNO/c14-11-6-3-4-9(8-16)13(11)10-5-1-2-7-12(10)15/h1-8H,15H2. The number of halogens is 1. The first-order valence-corrected chi connectivity index (χ1v) is 5.20. The first kappa shape index (κ1) is 10.7. The number of hydrogen-bond acceptors (Lipinski definition) is 2. The number of anilines is 1. The molecule has 80 valence electrons. The Balaban J connectivity index is 2.73. The molecule has 0 spiro atoms. The monoisotopic (exact) mass is 231 g/mol. The van der Waals surface area contributed by atoms with E-state index in [0.29, 0.717) is 21.8 Å². The van der Waals surface area contributed by atoms with E-state index < -0.39 is 0 Å². The molecule has 2 aromatic carbocycles. The van der Waals surface area contributed by atoms with Crippen LogP contribution >= 0.6 is 11.6 Å². The third-order valence-corrected chi connectivity index (χ3v) is 2.72. The van der Waals surface area contributed by atoms with Crippen LogP contribution in [0.3, 0.4) is 0 Å². The van der Waals surface area contributed by atoms with E-state index in [-0.39, 0.29) is 0 Å². The molecular weight excluding hydrogens is 222 g/mol. The van der Waals surface area contributed by atoms with Gasteiger partial charge in [-0.25, -0.2) is 0 Å². The van der Waals surface area contributed by atoms with Crippen LogP contribution in [0.4, 0.5) is 5.69 Å². The first-order valence-electron chi connectivity index (χ1n) is 4.82. The second kappa shape index (κ2) is 4.37. The van der Waals surface area contributed by atoms with Gasteiger partial charge in [0.25, 0.3) is 0 Å². The lowest BCUT2D eigenvalue weighted by Crippen LogP contribution is -1.93. The molecule has 0 atom stereocenters. The van der Waals surface area contributed by atoms with E-state index in [2.05, 4.69) is 0 Å². The Hall–Kier alpha value is -1.80. The quantitative estimate of drug-likeness (QED) is 0.636. The number of hydrogen-bond donors (Lipinski definition) is 1. The van der Waals surface area contributed by atoms with E-state index in [1.807, 2.05) is 18.2 Å². The van der Waals surface area contributed by atoms with Crippen molar-refractivity contribution in [1.82, 2.24) is 0 Å². The molecule has 2 N–H and O–H groups in total. The van der Waals surface area contributed by atoms with E-state index in [1.54, 1.807) is 24.3 Å².